The number of hydrogen-bond donors (Lipinski definition) is 1. The van der Waals surface area contributed by atoms with Gasteiger partial charge in [0, 0.05) is 69.2 Å². The number of carbonyl (C=O) groups excluding carboxylic acids is 10. The molecule has 0 unspecified atom stereocenters. The van der Waals surface area contributed by atoms with Crippen molar-refractivity contribution in [2.45, 2.75) is 161 Å². The molecule has 3 fully saturated rings. The van der Waals surface area contributed by atoms with Gasteiger partial charge in [-0.25, -0.2) is 0 Å². The Kier molecular flexibility index (Phi) is 19.8. The molecule has 0 bridgehead atoms. The third-order valence-corrected chi connectivity index (χ3v) is 8.84. The highest BCUT2D eigenvalue weighted by molar-refractivity contribution is 5.70. The third kappa shape index (κ3) is 15.6. The van der Waals surface area contributed by atoms with Crippen LogP contribution in [0, 0.1) is 0 Å². The summed E-state index contributed by atoms with van der Waals surface area (Å²) in [5, 5.41) is 10.9. The monoisotopic (exact) mass is 924 g/mol. The topological polar surface area (TPSA) is 329 Å². The van der Waals surface area contributed by atoms with Crippen LogP contribution in [0.2, 0.25) is 0 Å². The number of carbonyl (C=O) groups is 10. The zero-order chi connectivity index (χ0) is 48.2. The Bertz CT molecular complexity index is 1730. The van der Waals surface area contributed by atoms with Crippen molar-refractivity contribution in [1.82, 2.24) is 0 Å². The number of rotatable bonds is 17. The molecule has 3 aliphatic heterocycles. The first-order chi connectivity index (χ1) is 29.9. The van der Waals surface area contributed by atoms with Crippen molar-refractivity contribution < 1.29 is 124 Å². The molecular weight excluding hydrogens is 872 g/mol. The Morgan fingerprint density at radius 3 is 0.906 bits per heavy atom. The van der Waals surface area contributed by atoms with E-state index in [0.717, 1.165) is 69.2 Å². The summed E-state index contributed by atoms with van der Waals surface area (Å²) in [6.45, 7) is 7.65. The Hall–Kier alpha value is -5.54. The van der Waals surface area contributed by atoms with E-state index in [1.165, 1.54) is 0 Å². The maximum absolute atomic E-state index is 12.9. The normalized spacial score (nSPS) is 32.3. The molecule has 0 aliphatic carbocycles. The van der Waals surface area contributed by atoms with Crippen molar-refractivity contribution in [3.8, 4) is 0 Å². The van der Waals surface area contributed by atoms with Crippen molar-refractivity contribution in [3.63, 3.8) is 0 Å². The molecular formula is C38H52O26. The number of hydrogen-bond acceptors (Lipinski definition) is 26. The Balaban J connectivity index is 2.28. The van der Waals surface area contributed by atoms with Gasteiger partial charge >= 0.3 is 59.7 Å². The van der Waals surface area contributed by atoms with Crippen LogP contribution in [-0.4, -0.2) is 177 Å². The first kappa shape index (κ1) is 52.8. The van der Waals surface area contributed by atoms with E-state index >= 15 is 0 Å². The lowest BCUT2D eigenvalue weighted by Gasteiger charge is -2.50. The maximum Gasteiger partial charge on any atom is 0.303 e. The van der Waals surface area contributed by atoms with E-state index in [-0.39, 0.29) is 0 Å². The van der Waals surface area contributed by atoms with Gasteiger partial charge in [0.05, 0.1) is 0 Å². The van der Waals surface area contributed by atoms with Gasteiger partial charge in [-0.1, -0.05) is 0 Å². The van der Waals surface area contributed by atoms with E-state index in [2.05, 4.69) is 0 Å². The molecule has 0 aromatic rings. The SMILES string of the molecule is CC(=O)OC[C@H]1O[C@@H](O[C@H]2[C@H](OC(C)=O)[C@@H](OC(C)=O)[C@H](O[C@H]3[C@H](OC(C)=O)[C@@H](OC(C)=O)[C@H](O)O[C@@H]3COC(C)=O)O[C@@H]2COC(C)=O)[C@H](OC(C)=O)[C@@H](OC(C)=O)[C@H]1OC(C)=O. The average Bonchev–Trinajstić information content (AvgIpc) is 3.15. The minimum atomic E-state index is -2.02. The van der Waals surface area contributed by atoms with Crippen LogP contribution in [0.4, 0.5) is 0 Å². The summed E-state index contributed by atoms with van der Waals surface area (Å²) in [4.78, 5) is 124. The first-order valence-electron chi connectivity index (χ1n) is 19.4. The molecule has 26 nitrogen and oxygen atoms in total. The summed E-state index contributed by atoms with van der Waals surface area (Å²) in [5.41, 5.74) is 0. The minimum absolute atomic E-state index is 0.681. The van der Waals surface area contributed by atoms with Gasteiger partial charge in [0.1, 0.15) is 50.3 Å². The quantitative estimate of drug-likeness (QED) is 0.123. The smallest absolute Gasteiger partial charge is 0.303 e. The number of esters is 10. The van der Waals surface area contributed by atoms with Gasteiger partial charge < -0.3 is 76.2 Å². The molecule has 3 saturated heterocycles. The molecule has 3 heterocycles. The standard InChI is InChI=1S/C38H52O26/c1-14(39)50-11-24-28(30(54-18(5)43)33(36(49)60-24)57-21(8)46)63-38-35(59-23(10)48)32(56-20(7)45)29(26(62-38)13-52-16(3)41)64-37-34(58-22(9)47)31(55-19(6)44)27(53-17(4)42)25(61-37)12-51-15(2)40/h24-38,49H,11-13H2,1-10H3/t24-,25-,26-,27+,28-,29-,30+,31+,32+,33-,34-,35-,36-,37+,38+/m1/s1. The number of ether oxygens (including phenoxy) is 15. The molecule has 0 aromatic heterocycles. The lowest BCUT2D eigenvalue weighted by atomic mass is 9.95. The highest BCUT2D eigenvalue weighted by Gasteiger charge is 2.59. The zero-order valence-corrected chi connectivity index (χ0v) is 36.4. The molecule has 15 atom stereocenters. The maximum atomic E-state index is 12.9. The van der Waals surface area contributed by atoms with E-state index in [0.29, 0.717) is 0 Å². The van der Waals surface area contributed by atoms with Crippen molar-refractivity contribution in [3.05, 3.63) is 0 Å². The van der Waals surface area contributed by atoms with Crippen LogP contribution in [0.1, 0.15) is 69.2 Å². The van der Waals surface area contributed by atoms with Gasteiger partial charge in [-0.05, 0) is 0 Å². The van der Waals surface area contributed by atoms with Gasteiger partial charge in [-0.2, -0.15) is 0 Å². The molecule has 0 saturated carbocycles. The van der Waals surface area contributed by atoms with E-state index in [4.69, 9.17) is 71.1 Å². The highest BCUT2D eigenvalue weighted by atomic mass is 16.8. The highest BCUT2D eigenvalue weighted by Crippen LogP contribution is 2.38. The summed E-state index contributed by atoms with van der Waals surface area (Å²) in [7, 11) is 0. The summed E-state index contributed by atoms with van der Waals surface area (Å²) < 4.78 is 84.2. The van der Waals surface area contributed by atoms with E-state index in [9.17, 15) is 53.1 Å². The Morgan fingerprint density at radius 1 is 0.328 bits per heavy atom. The van der Waals surface area contributed by atoms with Crippen LogP contribution in [0.15, 0.2) is 0 Å². The van der Waals surface area contributed by atoms with Gasteiger partial charge in [-0.15, -0.1) is 0 Å². The van der Waals surface area contributed by atoms with Crippen LogP contribution in [0.3, 0.4) is 0 Å². The van der Waals surface area contributed by atoms with Crippen LogP contribution >= 0.6 is 0 Å². The molecule has 0 amide bonds. The van der Waals surface area contributed by atoms with E-state index < -0.39 is 172 Å². The molecule has 3 rings (SSSR count). The predicted molar refractivity (Wildman–Crippen MR) is 197 cm³/mol. The van der Waals surface area contributed by atoms with Gasteiger partial charge in [0.2, 0.25) is 0 Å². The van der Waals surface area contributed by atoms with Crippen molar-refractivity contribution in [2.24, 2.45) is 0 Å². The molecule has 26 heteroatoms. The average molecular weight is 925 g/mol. The second-order valence-electron chi connectivity index (χ2n) is 14.3. The van der Waals surface area contributed by atoms with Gasteiger partial charge in [-0.3, -0.25) is 47.9 Å². The van der Waals surface area contributed by atoms with Crippen LogP contribution in [0.25, 0.3) is 0 Å². The molecule has 0 spiro atoms. The van der Waals surface area contributed by atoms with Crippen LogP contribution < -0.4 is 0 Å². The summed E-state index contributed by atoms with van der Waals surface area (Å²) in [5.74, 6) is -9.61. The zero-order valence-electron chi connectivity index (χ0n) is 36.4. The summed E-state index contributed by atoms with van der Waals surface area (Å²) >= 11 is 0. The number of aliphatic hydroxyl groups is 1. The minimum Gasteiger partial charge on any atom is -0.463 e. The van der Waals surface area contributed by atoms with E-state index in [1.807, 2.05) is 0 Å². The second-order valence-corrected chi connectivity index (χ2v) is 14.3. The van der Waals surface area contributed by atoms with Crippen LogP contribution in [-0.2, 0) is 119 Å². The van der Waals surface area contributed by atoms with Gasteiger partial charge in [0.25, 0.3) is 0 Å². The summed E-state index contributed by atoms with van der Waals surface area (Å²) in [6.07, 6.45) is -27.2. The fourth-order valence-electron chi connectivity index (χ4n) is 6.77. The van der Waals surface area contributed by atoms with Crippen molar-refractivity contribution in [2.75, 3.05) is 19.8 Å². The van der Waals surface area contributed by atoms with E-state index in [1.54, 1.807) is 0 Å². The van der Waals surface area contributed by atoms with Crippen molar-refractivity contribution >= 4 is 59.7 Å². The molecule has 3 aliphatic rings. The lowest BCUT2D eigenvalue weighted by Crippen LogP contribution is -2.68. The summed E-state index contributed by atoms with van der Waals surface area (Å²) in [6, 6.07) is 0. The Labute approximate surface area is 364 Å². The first-order valence-corrected chi connectivity index (χ1v) is 19.4. The fourth-order valence-corrected chi connectivity index (χ4v) is 6.77. The molecule has 360 valence electrons. The van der Waals surface area contributed by atoms with Crippen LogP contribution in [0.5, 0.6) is 0 Å². The number of aliphatic hydroxyl groups excluding tert-OH is 1. The lowest BCUT2D eigenvalue weighted by molar-refractivity contribution is -0.378. The Morgan fingerprint density at radius 2 is 0.578 bits per heavy atom. The molecule has 0 aromatic carbocycles. The second kappa shape index (κ2) is 23.9. The predicted octanol–water partition coefficient (Wildman–Crippen LogP) is -1.86. The molecule has 64 heavy (non-hydrogen) atoms. The van der Waals surface area contributed by atoms with Crippen molar-refractivity contribution in [1.29, 1.82) is 0 Å². The fraction of sp³-hybridized carbons (Fsp3) is 0.737. The molecule has 0 radical (unpaired) electrons. The largest absolute Gasteiger partial charge is 0.463 e. The van der Waals surface area contributed by atoms with Gasteiger partial charge in [0.15, 0.2) is 61.6 Å². The third-order valence-electron chi connectivity index (χ3n) is 8.84. The molecule has 1 N–H and O–H groups in total.